The van der Waals surface area contributed by atoms with E-state index in [0.29, 0.717) is 12.8 Å². The number of nitrogens with two attached hydrogens (primary N) is 1. The van der Waals surface area contributed by atoms with E-state index in [9.17, 15) is 18.0 Å². The van der Waals surface area contributed by atoms with Gasteiger partial charge in [0.15, 0.2) is 0 Å². The van der Waals surface area contributed by atoms with E-state index in [0.717, 1.165) is 12.1 Å². The van der Waals surface area contributed by atoms with E-state index >= 15 is 0 Å². The van der Waals surface area contributed by atoms with Crippen molar-refractivity contribution in [3.05, 3.63) is 29.8 Å². The summed E-state index contributed by atoms with van der Waals surface area (Å²) in [4.78, 5) is 12.2. The van der Waals surface area contributed by atoms with Crippen LogP contribution in [0.2, 0.25) is 0 Å². The van der Waals surface area contributed by atoms with Crippen LogP contribution >= 0.6 is 12.2 Å². The van der Waals surface area contributed by atoms with Gasteiger partial charge in [0.05, 0.1) is 4.99 Å². The molecule has 0 aliphatic carbocycles. The Labute approximate surface area is 125 Å². The van der Waals surface area contributed by atoms with Gasteiger partial charge in [0.1, 0.15) is 5.75 Å². The number of amides is 1. The highest BCUT2D eigenvalue weighted by atomic mass is 32.1. The number of benzene rings is 1. The number of thiocarbonyl (C=S) groups is 1. The van der Waals surface area contributed by atoms with Crippen molar-refractivity contribution in [2.45, 2.75) is 32.2 Å². The van der Waals surface area contributed by atoms with Gasteiger partial charge in [-0.25, -0.2) is 0 Å². The number of rotatable bonds is 6. The first-order valence-corrected chi connectivity index (χ1v) is 6.57. The topological polar surface area (TPSA) is 64.3 Å². The van der Waals surface area contributed by atoms with E-state index in [1.165, 1.54) is 12.1 Å². The highest BCUT2D eigenvalue weighted by Crippen LogP contribution is 2.22. The van der Waals surface area contributed by atoms with Crippen LogP contribution in [0.4, 0.5) is 13.2 Å². The molecular formula is C13H15F3N2O2S. The molecule has 0 spiro atoms. The molecule has 0 aliphatic heterocycles. The second-order valence-electron chi connectivity index (χ2n) is 4.32. The third-order valence-electron chi connectivity index (χ3n) is 2.63. The monoisotopic (exact) mass is 320 g/mol. The number of carbonyl (C=O) groups excluding carboxylic acids is 1. The van der Waals surface area contributed by atoms with Crippen molar-refractivity contribution >= 4 is 23.1 Å². The van der Waals surface area contributed by atoms with Crippen molar-refractivity contribution in [2.24, 2.45) is 5.73 Å². The predicted molar refractivity (Wildman–Crippen MR) is 76.1 cm³/mol. The Bertz CT molecular complexity index is 503. The lowest BCUT2D eigenvalue weighted by atomic mass is 10.1. The lowest BCUT2D eigenvalue weighted by Crippen LogP contribution is -2.37. The number of ether oxygens (including phenoxy) is 1. The zero-order chi connectivity index (χ0) is 16.0. The summed E-state index contributed by atoms with van der Waals surface area (Å²) in [5.74, 6) is -0.786. The maximum atomic E-state index is 12.0. The molecule has 0 aromatic heterocycles. The van der Waals surface area contributed by atoms with Crippen molar-refractivity contribution in [2.75, 3.05) is 0 Å². The molecule has 4 nitrogen and oxygen atoms in total. The summed E-state index contributed by atoms with van der Waals surface area (Å²) in [6.45, 7) is 1.86. The van der Waals surface area contributed by atoms with Crippen LogP contribution in [0.25, 0.3) is 0 Å². The number of hydrogen-bond acceptors (Lipinski definition) is 3. The molecule has 0 saturated carbocycles. The normalized spacial score (nSPS) is 12.6. The van der Waals surface area contributed by atoms with Gasteiger partial charge in [-0.2, -0.15) is 0 Å². The molecule has 0 radical (unpaired) electrons. The molecule has 3 N–H and O–H groups in total. The van der Waals surface area contributed by atoms with Gasteiger partial charge in [-0.3, -0.25) is 4.79 Å². The summed E-state index contributed by atoms with van der Waals surface area (Å²) in [5.41, 5.74) is 5.65. The Morgan fingerprint density at radius 3 is 2.38 bits per heavy atom. The number of carbonyl (C=O) groups is 1. The quantitative estimate of drug-likeness (QED) is 0.791. The molecule has 1 rings (SSSR count). The fourth-order valence-electron chi connectivity index (χ4n) is 1.62. The maximum absolute atomic E-state index is 12.0. The molecule has 1 amide bonds. The molecule has 0 saturated heterocycles. The number of hydrogen-bond donors (Lipinski definition) is 2. The summed E-state index contributed by atoms with van der Waals surface area (Å²) in [6.07, 6.45) is -3.75. The van der Waals surface area contributed by atoms with E-state index < -0.39 is 12.3 Å². The fraction of sp³-hybridized carbons (Fsp3) is 0.385. The average Bonchev–Trinajstić information content (AvgIpc) is 2.36. The summed E-state index contributed by atoms with van der Waals surface area (Å²) in [6, 6.07) is 4.46. The second kappa shape index (κ2) is 7.26. The molecule has 0 bridgehead atoms. The van der Waals surface area contributed by atoms with E-state index in [1.807, 2.05) is 6.92 Å². The highest BCUT2D eigenvalue weighted by Gasteiger charge is 2.31. The molecule has 1 aromatic carbocycles. The van der Waals surface area contributed by atoms with Crippen molar-refractivity contribution < 1.29 is 22.7 Å². The lowest BCUT2D eigenvalue weighted by molar-refractivity contribution is -0.274. The smallest absolute Gasteiger partial charge is 0.406 e. The Morgan fingerprint density at radius 2 is 1.95 bits per heavy atom. The Morgan fingerprint density at radius 1 is 1.38 bits per heavy atom. The van der Waals surface area contributed by atoms with Crippen LogP contribution in [-0.4, -0.2) is 23.3 Å². The minimum absolute atomic E-state index is 0.207. The van der Waals surface area contributed by atoms with Gasteiger partial charge in [-0.05, 0) is 30.7 Å². The zero-order valence-corrected chi connectivity index (χ0v) is 12.1. The summed E-state index contributed by atoms with van der Waals surface area (Å²) >= 11 is 4.78. The van der Waals surface area contributed by atoms with E-state index in [-0.39, 0.29) is 22.3 Å². The molecule has 1 unspecified atom stereocenters. The molecule has 1 aromatic rings. The molecule has 1 atom stereocenters. The fourth-order valence-corrected chi connectivity index (χ4v) is 1.82. The lowest BCUT2D eigenvalue weighted by Gasteiger charge is -2.16. The van der Waals surface area contributed by atoms with Crippen LogP contribution in [0, 0.1) is 0 Å². The number of nitrogens with one attached hydrogen (secondary N) is 1. The van der Waals surface area contributed by atoms with Crippen molar-refractivity contribution in [1.82, 2.24) is 5.32 Å². The van der Waals surface area contributed by atoms with Crippen LogP contribution < -0.4 is 15.8 Å². The van der Waals surface area contributed by atoms with Crippen LogP contribution in [0.15, 0.2) is 24.3 Å². The Hall–Kier alpha value is -1.83. The average molecular weight is 320 g/mol. The molecule has 116 valence electrons. The van der Waals surface area contributed by atoms with Crippen LogP contribution in [0.3, 0.4) is 0 Å². The first-order chi connectivity index (χ1) is 9.71. The summed E-state index contributed by atoms with van der Waals surface area (Å²) in [5, 5.41) is 2.71. The molecule has 8 heteroatoms. The van der Waals surface area contributed by atoms with Crippen LogP contribution in [0.1, 0.15) is 30.1 Å². The van der Waals surface area contributed by atoms with Crippen LogP contribution in [0.5, 0.6) is 5.75 Å². The molecule has 21 heavy (non-hydrogen) atoms. The molecule has 0 fully saturated rings. The van der Waals surface area contributed by atoms with Gasteiger partial charge < -0.3 is 15.8 Å². The third kappa shape index (κ3) is 6.44. The van der Waals surface area contributed by atoms with Gasteiger partial charge in [0.2, 0.25) is 0 Å². The van der Waals surface area contributed by atoms with Gasteiger partial charge in [0.25, 0.3) is 5.91 Å². The van der Waals surface area contributed by atoms with Crippen molar-refractivity contribution in [3.8, 4) is 5.75 Å². The summed E-state index contributed by atoms with van der Waals surface area (Å²) < 4.78 is 39.8. The van der Waals surface area contributed by atoms with E-state index in [2.05, 4.69) is 10.1 Å². The maximum Gasteiger partial charge on any atom is 0.573 e. The Balaban J connectivity index is 2.68. The first-order valence-electron chi connectivity index (χ1n) is 6.16. The molecule has 0 heterocycles. The van der Waals surface area contributed by atoms with Gasteiger partial charge >= 0.3 is 6.36 Å². The number of alkyl halides is 3. The zero-order valence-electron chi connectivity index (χ0n) is 11.2. The van der Waals surface area contributed by atoms with Crippen LogP contribution in [-0.2, 0) is 0 Å². The van der Waals surface area contributed by atoms with E-state index in [1.54, 1.807) is 0 Å². The minimum atomic E-state index is -4.76. The standard InChI is InChI=1S/C13H15F3N2O2S/c1-2-9(7-11(17)21)18-12(19)8-3-5-10(6-4-8)20-13(14,15)16/h3-6,9H,2,7H2,1H3,(H2,17,21)(H,18,19). The van der Waals surface area contributed by atoms with Crippen molar-refractivity contribution in [1.29, 1.82) is 0 Å². The largest absolute Gasteiger partial charge is 0.573 e. The summed E-state index contributed by atoms with van der Waals surface area (Å²) in [7, 11) is 0. The second-order valence-corrected chi connectivity index (χ2v) is 4.85. The Kier molecular flexibility index (Phi) is 5.95. The van der Waals surface area contributed by atoms with Crippen molar-refractivity contribution in [3.63, 3.8) is 0 Å². The number of halogens is 3. The van der Waals surface area contributed by atoms with Gasteiger partial charge in [0, 0.05) is 18.0 Å². The minimum Gasteiger partial charge on any atom is -0.406 e. The first kappa shape index (κ1) is 17.2. The van der Waals surface area contributed by atoms with E-state index in [4.69, 9.17) is 18.0 Å². The molecular weight excluding hydrogens is 305 g/mol. The van der Waals surface area contributed by atoms with Gasteiger partial charge in [-0.15, -0.1) is 13.2 Å². The predicted octanol–water partition coefficient (Wildman–Crippen LogP) is 2.77. The SMILES string of the molecule is CCC(CC(N)=S)NC(=O)c1ccc(OC(F)(F)F)cc1. The highest BCUT2D eigenvalue weighted by molar-refractivity contribution is 7.80. The third-order valence-corrected chi connectivity index (χ3v) is 2.79. The van der Waals surface area contributed by atoms with Gasteiger partial charge in [-0.1, -0.05) is 19.1 Å². The molecule has 0 aliphatic rings.